The van der Waals surface area contributed by atoms with Crippen molar-refractivity contribution in [3.05, 3.63) is 59.2 Å². The number of nitrogens with zero attached hydrogens (tertiary/aromatic N) is 2. The van der Waals surface area contributed by atoms with E-state index in [2.05, 4.69) is 73.7 Å². The van der Waals surface area contributed by atoms with Crippen molar-refractivity contribution < 1.29 is 66.9 Å². The summed E-state index contributed by atoms with van der Waals surface area (Å²) in [6.07, 6.45) is 11.3. The molecule has 0 spiro atoms. The smallest absolute Gasteiger partial charge is 0.171 e. The third kappa shape index (κ3) is 17.4. The van der Waals surface area contributed by atoms with E-state index in [1.807, 2.05) is 0 Å². The Bertz CT molecular complexity index is 702. The van der Waals surface area contributed by atoms with Gasteiger partial charge < -0.3 is 0 Å². The molecule has 0 saturated carbocycles. The van der Waals surface area contributed by atoms with E-state index in [0.717, 1.165) is 13.1 Å². The van der Waals surface area contributed by atoms with Crippen molar-refractivity contribution in [2.45, 2.75) is 53.6 Å². The Morgan fingerprint density at radius 3 is 1.07 bits per heavy atom. The zero-order valence-electron chi connectivity index (χ0n) is 17.2. The molecule has 0 N–H and O–H groups in total. The van der Waals surface area contributed by atoms with Crippen molar-refractivity contribution in [3.63, 3.8) is 0 Å². The number of halogens is 2. The number of aromatic nitrogens is 2. The highest BCUT2D eigenvalue weighted by Crippen LogP contribution is 2.02. The summed E-state index contributed by atoms with van der Waals surface area (Å²) < 4.78 is 72.5. The number of aryl methyl sites for hydroxylation is 6. The van der Waals surface area contributed by atoms with Crippen molar-refractivity contribution in [2.24, 2.45) is 0 Å². The van der Waals surface area contributed by atoms with Crippen LogP contribution in [0.2, 0.25) is 0 Å². The lowest BCUT2D eigenvalue weighted by molar-refractivity contribution is -2.00. The van der Waals surface area contributed by atoms with E-state index in [4.69, 9.17) is 37.3 Å². The number of hydrogen-bond acceptors (Lipinski definition) is 8. The molecule has 0 bridgehead atoms. The van der Waals surface area contributed by atoms with Crippen molar-refractivity contribution in [3.8, 4) is 0 Å². The molecule has 0 fully saturated rings. The molecule has 0 aliphatic rings. The Morgan fingerprint density at radius 1 is 0.567 bits per heavy atom. The summed E-state index contributed by atoms with van der Waals surface area (Å²) in [6, 6.07) is 4.40. The van der Waals surface area contributed by atoms with Crippen LogP contribution in [0.3, 0.4) is 0 Å². The van der Waals surface area contributed by atoms with E-state index < -0.39 is 20.5 Å². The van der Waals surface area contributed by atoms with Crippen LogP contribution in [-0.2, 0) is 13.1 Å². The highest BCUT2D eigenvalue weighted by molar-refractivity contribution is 5.17. The second kappa shape index (κ2) is 13.1. The molecule has 2 rings (SSSR count). The molecule has 170 valence electrons. The summed E-state index contributed by atoms with van der Waals surface area (Å²) in [5.74, 6) is 0. The van der Waals surface area contributed by atoms with Gasteiger partial charge in [-0.1, -0.05) is 0 Å². The molecule has 0 saturated heterocycles. The number of unbranched alkanes of at least 4 members (excludes halogenated alkanes) is 1. The third-order valence-corrected chi connectivity index (χ3v) is 4.08. The molecular weight excluding hydrogens is 443 g/mol. The second-order valence-corrected chi connectivity index (χ2v) is 8.07. The standard InChI is InChI=1S/C18H26N2.2ClHO4/c1-15-7-11-19(13-17(15)3)9-5-6-10-20-12-8-16(2)18(4)14-20;2*2-1(3,4)5/h7-8,11-14H,5-6,9-10H2,1-4H3;2*(H,2,3,4,5)/q+2;;/p-2. The first-order valence-corrected chi connectivity index (χ1v) is 11.2. The van der Waals surface area contributed by atoms with E-state index in [-0.39, 0.29) is 0 Å². The maximum atomic E-state index is 8.49. The number of pyridine rings is 2. The molecular formula is C18H26Cl2N2O8. The molecule has 0 unspecified atom stereocenters. The van der Waals surface area contributed by atoms with Gasteiger partial charge >= 0.3 is 0 Å². The molecule has 0 amide bonds. The van der Waals surface area contributed by atoms with Crippen LogP contribution in [0.25, 0.3) is 0 Å². The minimum Gasteiger partial charge on any atom is -0.222 e. The van der Waals surface area contributed by atoms with Crippen LogP contribution in [0.4, 0.5) is 0 Å². The lowest BCUT2D eigenvalue weighted by Crippen LogP contribution is -2.68. The first kappa shape index (κ1) is 28.6. The molecule has 12 heteroatoms. The maximum absolute atomic E-state index is 8.49. The van der Waals surface area contributed by atoms with Gasteiger partial charge in [-0.25, -0.2) is 46.4 Å². The van der Waals surface area contributed by atoms with E-state index in [9.17, 15) is 0 Å². The summed E-state index contributed by atoms with van der Waals surface area (Å²) in [6.45, 7) is 10.9. The highest BCUT2D eigenvalue weighted by Gasteiger charge is 2.06. The molecule has 2 aromatic heterocycles. The molecule has 10 nitrogen and oxygen atoms in total. The average molecular weight is 469 g/mol. The maximum Gasteiger partial charge on any atom is 0.171 e. The van der Waals surface area contributed by atoms with Crippen LogP contribution in [0.1, 0.15) is 35.1 Å². The van der Waals surface area contributed by atoms with E-state index in [1.54, 1.807) is 0 Å². The van der Waals surface area contributed by atoms with Crippen molar-refractivity contribution in [2.75, 3.05) is 0 Å². The predicted octanol–water partition coefficient (Wildman–Crippen LogP) is -6.54. The predicted molar refractivity (Wildman–Crippen MR) is 81.5 cm³/mol. The third-order valence-electron chi connectivity index (χ3n) is 4.08. The van der Waals surface area contributed by atoms with Crippen LogP contribution in [0.15, 0.2) is 36.9 Å². The Morgan fingerprint density at radius 2 is 0.833 bits per heavy atom. The van der Waals surface area contributed by atoms with Gasteiger partial charge in [-0.15, -0.1) is 20.5 Å². The first-order valence-electron chi connectivity index (χ1n) is 8.72. The number of rotatable bonds is 5. The molecule has 30 heavy (non-hydrogen) atoms. The van der Waals surface area contributed by atoms with Gasteiger partial charge in [0, 0.05) is 36.1 Å². The van der Waals surface area contributed by atoms with Gasteiger partial charge in [-0.3, -0.25) is 0 Å². The van der Waals surface area contributed by atoms with Gasteiger partial charge in [0.1, 0.15) is 13.1 Å². The summed E-state index contributed by atoms with van der Waals surface area (Å²) >= 11 is 0. The largest absolute Gasteiger partial charge is 0.222 e. The fourth-order valence-corrected chi connectivity index (χ4v) is 2.33. The van der Waals surface area contributed by atoms with Gasteiger partial charge in [0.25, 0.3) is 0 Å². The minimum atomic E-state index is -4.94. The molecule has 0 aromatic carbocycles. The van der Waals surface area contributed by atoms with Gasteiger partial charge in [0.2, 0.25) is 0 Å². The van der Waals surface area contributed by atoms with Crippen LogP contribution in [0.5, 0.6) is 0 Å². The van der Waals surface area contributed by atoms with Gasteiger partial charge in [-0.2, -0.15) is 0 Å². The fourth-order valence-electron chi connectivity index (χ4n) is 2.33. The highest BCUT2D eigenvalue weighted by atomic mass is 35.7. The quantitative estimate of drug-likeness (QED) is 0.305. The zero-order valence-corrected chi connectivity index (χ0v) is 18.7. The van der Waals surface area contributed by atoms with Crippen molar-refractivity contribution in [1.82, 2.24) is 0 Å². The van der Waals surface area contributed by atoms with E-state index in [0.29, 0.717) is 0 Å². The van der Waals surface area contributed by atoms with Crippen LogP contribution >= 0.6 is 0 Å². The van der Waals surface area contributed by atoms with Gasteiger partial charge in [0.05, 0.1) is 0 Å². The summed E-state index contributed by atoms with van der Waals surface area (Å²) in [7, 11) is -9.89. The lowest BCUT2D eigenvalue weighted by atomic mass is 10.2. The molecule has 0 radical (unpaired) electrons. The van der Waals surface area contributed by atoms with Crippen molar-refractivity contribution >= 4 is 0 Å². The Balaban J connectivity index is 0.000000702. The van der Waals surface area contributed by atoms with Gasteiger partial charge in [-0.05, 0) is 38.8 Å². The Hall–Kier alpha value is -1.44. The van der Waals surface area contributed by atoms with E-state index in [1.165, 1.54) is 35.1 Å². The lowest BCUT2D eigenvalue weighted by Gasteiger charge is -2.17. The van der Waals surface area contributed by atoms with Crippen LogP contribution in [0, 0.1) is 48.2 Å². The Kier molecular flexibility index (Phi) is 12.4. The molecule has 0 aliphatic carbocycles. The summed E-state index contributed by atoms with van der Waals surface area (Å²) in [5, 5.41) is 0. The Labute approximate surface area is 180 Å². The normalized spacial score (nSPS) is 11.2. The minimum absolute atomic E-state index is 1.10. The van der Waals surface area contributed by atoms with Gasteiger partial charge in [0.15, 0.2) is 24.8 Å². The van der Waals surface area contributed by atoms with E-state index >= 15 is 0 Å². The topological polar surface area (TPSA) is 192 Å². The molecule has 0 aliphatic heterocycles. The monoisotopic (exact) mass is 468 g/mol. The SMILES string of the molecule is Cc1cc[n+](CCCC[n+]2ccc(C)c(C)c2)cc1C.[O-][Cl+3]([O-])([O-])[O-].[O-][Cl+3]([O-])([O-])[O-]. The number of hydrogen-bond donors (Lipinski definition) is 0. The summed E-state index contributed by atoms with van der Waals surface area (Å²) in [4.78, 5) is 0. The molecule has 2 aromatic rings. The fraction of sp³-hybridized carbons (Fsp3) is 0.444. The van der Waals surface area contributed by atoms with Crippen molar-refractivity contribution in [1.29, 1.82) is 0 Å². The van der Waals surface area contributed by atoms with Crippen LogP contribution in [-0.4, -0.2) is 0 Å². The average Bonchev–Trinajstić information content (AvgIpc) is 2.55. The molecule has 2 heterocycles. The van der Waals surface area contributed by atoms with Crippen LogP contribution < -0.4 is 46.4 Å². The second-order valence-electron chi connectivity index (χ2n) is 6.56. The molecule has 0 atom stereocenters. The zero-order chi connectivity index (χ0) is 23.5. The first-order chi connectivity index (χ1) is 13.6. The summed E-state index contributed by atoms with van der Waals surface area (Å²) in [5.41, 5.74) is 5.48.